The number of nitrogens with one attached hydrogen (secondary N) is 1. The number of nitrogens with zero attached hydrogens (tertiary/aromatic N) is 1. The normalized spacial score (nSPS) is 12.1. The Bertz CT molecular complexity index is 313. The molecule has 0 aromatic carbocycles. The highest BCUT2D eigenvalue weighted by atomic mass is 32.2. The second kappa shape index (κ2) is 6.82. The van der Waals surface area contributed by atoms with Crippen LogP contribution >= 0.6 is 0 Å². The SMILES string of the molecule is CC(C)NC(=O)CCN(C)CCS(=O)(=O)O. The fourth-order valence-electron chi connectivity index (χ4n) is 1.07. The zero-order valence-electron chi connectivity index (χ0n) is 9.93. The van der Waals surface area contributed by atoms with Gasteiger partial charge in [0.1, 0.15) is 0 Å². The Morgan fingerprint density at radius 2 is 1.94 bits per heavy atom. The van der Waals surface area contributed by atoms with Gasteiger partial charge in [0.05, 0.1) is 5.75 Å². The summed E-state index contributed by atoms with van der Waals surface area (Å²) in [5.74, 6) is -0.372. The number of carbonyl (C=O) groups excluding carboxylic acids is 1. The van der Waals surface area contributed by atoms with Crippen LogP contribution in [-0.2, 0) is 14.9 Å². The van der Waals surface area contributed by atoms with E-state index < -0.39 is 10.1 Å². The minimum atomic E-state index is -3.92. The van der Waals surface area contributed by atoms with Crippen LogP contribution in [0.5, 0.6) is 0 Å². The fraction of sp³-hybridized carbons (Fsp3) is 0.889. The van der Waals surface area contributed by atoms with Crippen LogP contribution < -0.4 is 5.32 Å². The van der Waals surface area contributed by atoms with Crippen molar-refractivity contribution < 1.29 is 17.8 Å². The molecule has 0 bridgehead atoms. The van der Waals surface area contributed by atoms with Crippen molar-refractivity contribution in [3.05, 3.63) is 0 Å². The number of rotatable bonds is 7. The second-order valence-corrected chi connectivity index (χ2v) is 5.63. The summed E-state index contributed by atoms with van der Waals surface area (Å²) in [4.78, 5) is 12.9. The lowest BCUT2D eigenvalue weighted by molar-refractivity contribution is -0.121. The van der Waals surface area contributed by atoms with Crippen LogP contribution in [0.15, 0.2) is 0 Å². The first kappa shape index (κ1) is 15.3. The average Bonchev–Trinajstić information content (AvgIpc) is 2.09. The van der Waals surface area contributed by atoms with Gasteiger partial charge in [-0.05, 0) is 20.9 Å². The van der Waals surface area contributed by atoms with Gasteiger partial charge in [0.15, 0.2) is 0 Å². The topological polar surface area (TPSA) is 86.7 Å². The smallest absolute Gasteiger partial charge is 0.266 e. The van der Waals surface area contributed by atoms with Crippen molar-refractivity contribution in [3.63, 3.8) is 0 Å². The molecule has 0 fully saturated rings. The van der Waals surface area contributed by atoms with E-state index in [1.165, 1.54) is 0 Å². The van der Waals surface area contributed by atoms with Crippen LogP contribution in [0.2, 0.25) is 0 Å². The molecule has 0 unspecified atom stereocenters. The number of hydrogen-bond acceptors (Lipinski definition) is 4. The Kier molecular flexibility index (Phi) is 6.54. The molecular weight excluding hydrogens is 232 g/mol. The van der Waals surface area contributed by atoms with Crippen LogP contribution in [0.4, 0.5) is 0 Å². The van der Waals surface area contributed by atoms with Gasteiger partial charge < -0.3 is 10.2 Å². The molecule has 0 aliphatic rings. The standard InChI is InChI=1S/C9H20N2O4S/c1-8(2)10-9(12)4-5-11(3)6-7-16(13,14)15/h8H,4-7H2,1-3H3,(H,10,12)(H,13,14,15). The van der Waals surface area contributed by atoms with E-state index in [1.54, 1.807) is 11.9 Å². The number of carbonyl (C=O) groups is 1. The van der Waals surface area contributed by atoms with Crippen LogP contribution in [0, 0.1) is 0 Å². The van der Waals surface area contributed by atoms with Crippen LogP contribution in [0.1, 0.15) is 20.3 Å². The van der Waals surface area contributed by atoms with Crippen molar-refractivity contribution in [2.75, 3.05) is 25.9 Å². The summed E-state index contributed by atoms with van der Waals surface area (Å²) in [7, 11) is -2.22. The summed E-state index contributed by atoms with van der Waals surface area (Å²) in [5, 5.41) is 2.74. The molecule has 0 aliphatic carbocycles. The Balaban J connectivity index is 3.73. The van der Waals surface area contributed by atoms with Crippen LogP contribution in [0.25, 0.3) is 0 Å². The summed E-state index contributed by atoms with van der Waals surface area (Å²) in [6.07, 6.45) is 0.320. The van der Waals surface area contributed by atoms with E-state index in [-0.39, 0.29) is 24.2 Å². The van der Waals surface area contributed by atoms with Gasteiger partial charge in [-0.25, -0.2) is 0 Å². The van der Waals surface area contributed by atoms with Crippen LogP contribution in [-0.4, -0.2) is 55.7 Å². The molecule has 0 radical (unpaired) electrons. The van der Waals surface area contributed by atoms with Gasteiger partial charge in [-0.15, -0.1) is 0 Å². The Morgan fingerprint density at radius 3 is 2.38 bits per heavy atom. The molecule has 0 saturated heterocycles. The molecule has 7 heteroatoms. The van der Waals surface area contributed by atoms with Gasteiger partial charge in [-0.3, -0.25) is 9.35 Å². The molecule has 0 heterocycles. The minimum Gasteiger partial charge on any atom is -0.354 e. The molecule has 0 aromatic heterocycles. The maximum Gasteiger partial charge on any atom is 0.266 e. The summed E-state index contributed by atoms with van der Waals surface area (Å²) < 4.78 is 29.5. The van der Waals surface area contributed by atoms with Crippen molar-refractivity contribution in [3.8, 4) is 0 Å². The molecule has 0 aliphatic heterocycles. The van der Waals surface area contributed by atoms with E-state index in [1.807, 2.05) is 13.8 Å². The molecule has 0 saturated carbocycles. The number of amides is 1. The molecule has 96 valence electrons. The number of hydrogen-bond donors (Lipinski definition) is 2. The lowest BCUT2D eigenvalue weighted by atomic mass is 10.3. The molecule has 0 spiro atoms. The van der Waals surface area contributed by atoms with Crippen molar-refractivity contribution >= 4 is 16.0 Å². The maximum absolute atomic E-state index is 11.3. The summed E-state index contributed by atoms with van der Waals surface area (Å²) in [6, 6.07) is 0.107. The van der Waals surface area contributed by atoms with E-state index in [0.29, 0.717) is 13.0 Å². The lowest BCUT2D eigenvalue weighted by Gasteiger charge is -2.15. The summed E-state index contributed by atoms with van der Waals surface area (Å²) in [5.41, 5.74) is 0. The van der Waals surface area contributed by atoms with E-state index >= 15 is 0 Å². The second-order valence-electron chi connectivity index (χ2n) is 4.06. The fourth-order valence-corrected chi connectivity index (χ4v) is 1.61. The van der Waals surface area contributed by atoms with Gasteiger partial charge in [0.2, 0.25) is 5.91 Å². The first-order chi connectivity index (χ1) is 7.20. The van der Waals surface area contributed by atoms with Gasteiger partial charge in [-0.1, -0.05) is 0 Å². The maximum atomic E-state index is 11.3. The van der Waals surface area contributed by atoms with Crippen LogP contribution in [0.3, 0.4) is 0 Å². The molecular formula is C9H20N2O4S. The first-order valence-corrected chi connectivity index (χ1v) is 6.74. The van der Waals surface area contributed by atoms with E-state index in [9.17, 15) is 13.2 Å². The van der Waals surface area contributed by atoms with E-state index in [0.717, 1.165) is 0 Å². The van der Waals surface area contributed by atoms with Crippen molar-refractivity contribution in [2.45, 2.75) is 26.3 Å². The molecule has 6 nitrogen and oxygen atoms in total. The molecule has 16 heavy (non-hydrogen) atoms. The lowest BCUT2D eigenvalue weighted by Crippen LogP contribution is -2.34. The van der Waals surface area contributed by atoms with Crippen molar-refractivity contribution in [1.82, 2.24) is 10.2 Å². The van der Waals surface area contributed by atoms with E-state index in [2.05, 4.69) is 5.32 Å². The summed E-state index contributed by atoms with van der Waals surface area (Å²) >= 11 is 0. The molecule has 0 rings (SSSR count). The highest BCUT2D eigenvalue weighted by Crippen LogP contribution is 1.91. The van der Waals surface area contributed by atoms with Gasteiger partial charge in [0.25, 0.3) is 10.1 Å². The third kappa shape index (κ3) is 9.88. The molecule has 1 amide bonds. The molecule has 0 atom stereocenters. The largest absolute Gasteiger partial charge is 0.354 e. The monoisotopic (exact) mass is 252 g/mol. The van der Waals surface area contributed by atoms with E-state index in [4.69, 9.17) is 4.55 Å². The van der Waals surface area contributed by atoms with Gasteiger partial charge >= 0.3 is 0 Å². The highest BCUT2D eigenvalue weighted by Gasteiger charge is 2.09. The third-order valence-electron chi connectivity index (χ3n) is 1.90. The predicted octanol–water partition coefficient (Wildman–Crippen LogP) is -0.279. The van der Waals surface area contributed by atoms with Crippen molar-refractivity contribution in [2.24, 2.45) is 0 Å². The van der Waals surface area contributed by atoms with Gasteiger partial charge in [0, 0.05) is 25.6 Å². The Hall–Kier alpha value is -0.660. The average molecular weight is 252 g/mol. The Morgan fingerprint density at radius 1 is 1.38 bits per heavy atom. The highest BCUT2D eigenvalue weighted by molar-refractivity contribution is 7.85. The van der Waals surface area contributed by atoms with Gasteiger partial charge in [-0.2, -0.15) is 8.42 Å². The third-order valence-corrected chi connectivity index (χ3v) is 2.60. The zero-order valence-corrected chi connectivity index (χ0v) is 10.7. The quantitative estimate of drug-likeness (QED) is 0.609. The predicted molar refractivity (Wildman–Crippen MR) is 61.8 cm³/mol. The zero-order chi connectivity index (χ0) is 12.8. The summed E-state index contributed by atoms with van der Waals surface area (Å²) in [6.45, 7) is 4.43. The Labute approximate surface area is 96.8 Å². The first-order valence-electron chi connectivity index (χ1n) is 5.14. The molecule has 0 aromatic rings. The minimum absolute atomic E-state index is 0.0614. The van der Waals surface area contributed by atoms with Crippen molar-refractivity contribution in [1.29, 1.82) is 0 Å². The molecule has 2 N–H and O–H groups in total.